The van der Waals surface area contributed by atoms with Gasteiger partial charge in [-0.05, 0) is 42.8 Å². The Balaban J connectivity index is 1.71. The number of carbonyl (C=O) groups is 2. The van der Waals surface area contributed by atoms with Crippen LogP contribution in [0.15, 0.2) is 48.5 Å². The van der Waals surface area contributed by atoms with E-state index in [-0.39, 0.29) is 18.4 Å². The van der Waals surface area contributed by atoms with Crippen LogP contribution in [0.4, 0.5) is 5.69 Å². The Labute approximate surface area is 171 Å². The standard InChI is InChI=1S/C23H28N2O4/c1-3-4-5-8-15-28-18-13-11-17(12-14-18)23(27)25-16-21(22(26)24-2)29-20-10-7-6-9-19(20)25/h6-7,9-14,21H,3-5,8,15-16H2,1-2H3,(H,24,26)/t21-/m0/s1. The number of ether oxygens (including phenoxy) is 2. The van der Waals surface area contributed by atoms with E-state index >= 15 is 0 Å². The van der Waals surface area contributed by atoms with Crippen LogP contribution in [0.25, 0.3) is 0 Å². The van der Waals surface area contributed by atoms with E-state index in [1.165, 1.54) is 12.8 Å². The highest BCUT2D eigenvalue weighted by Gasteiger charge is 2.33. The van der Waals surface area contributed by atoms with Crippen LogP contribution in [0.3, 0.4) is 0 Å². The number of unbranched alkanes of at least 4 members (excludes halogenated alkanes) is 3. The Bertz CT molecular complexity index is 835. The number of hydrogen-bond donors (Lipinski definition) is 1. The van der Waals surface area contributed by atoms with Crippen LogP contribution in [0.1, 0.15) is 43.0 Å². The molecule has 1 atom stereocenters. The molecule has 0 bridgehead atoms. The first-order valence-electron chi connectivity index (χ1n) is 10.2. The lowest BCUT2D eigenvalue weighted by atomic mass is 10.1. The quantitative estimate of drug-likeness (QED) is 0.689. The summed E-state index contributed by atoms with van der Waals surface area (Å²) in [6.07, 6.45) is 3.86. The molecule has 0 fully saturated rings. The monoisotopic (exact) mass is 396 g/mol. The summed E-state index contributed by atoms with van der Waals surface area (Å²) in [5.41, 5.74) is 1.20. The van der Waals surface area contributed by atoms with Gasteiger partial charge in [-0.2, -0.15) is 0 Å². The van der Waals surface area contributed by atoms with E-state index in [2.05, 4.69) is 12.2 Å². The highest BCUT2D eigenvalue weighted by Crippen LogP contribution is 2.34. The fourth-order valence-electron chi connectivity index (χ4n) is 3.29. The zero-order valence-corrected chi connectivity index (χ0v) is 17.0. The first-order chi connectivity index (χ1) is 14.1. The van der Waals surface area contributed by atoms with Gasteiger partial charge in [0.15, 0.2) is 6.10 Å². The van der Waals surface area contributed by atoms with Gasteiger partial charge in [-0.25, -0.2) is 0 Å². The lowest BCUT2D eigenvalue weighted by Crippen LogP contribution is -2.50. The molecule has 2 aromatic carbocycles. The molecule has 1 aliphatic rings. The first-order valence-corrected chi connectivity index (χ1v) is 10.2. The lowest BCUT2D eigenvalue weighted by Gasteiger charge is -2.34. The summed E-state index contributed by atoms with van der Waals surface area (Å²) >= 11 is 0. The number of benzene rings is 2. The minimum atomic E-state index is -0.746. The maximum absolute atomic E-state index is 13.2. The van der Waals surface area contributed by atoms with Gasteiger partial charge in [0.05, 0.1) is 18.8 Å². The number of nitrogens with zero attached hydrogens (tertiary/aromatic N) is 1. The van der Waals surface area contributed by atoms with Crippen molar-refractivity contribution < 1.29 is 19.1 Å². The highest BCUT2D eigenvalue weighted by atomic mass is 16.5. The Morgan fingerprint density at radius 2 is 1.86 bits per heavy atom. The Kier molecular flexibility index (Phi) is 7.11. The maximum Gasteiger partial charge on any atom is 0.262 e. The normalized spacial score (nSPS) is 15.2. The molecule has 1 heterocycles. The van der Waals surface area contributed by atoms with Crippen LogP contribution < -0.4 is 19.7 Å². The molecule has 1 N–H and O–H groups in total. The van der Waals surface area contributed by atoms with Crippen molar-refractivity contribution in [2.45, 2.75) is 38.7 Å². The lowest BCUT2D eigenvalue weighted by molar-refractivity contribution is -0.127. The third-order valence-electron chi connectivity index (χ3n) is 4.93. The van der Waals surface area contributed by atoms with Crippen molar-refractivity contribution >= 4 is 17.5 Å². The van der Waals surface area contributed by atoms with E-state index in [0.717, 1.165) is 18.6 Å². The number of carbonyl (C=O) groups excluding carboxylic acids is 2. The van der Waals surface area contributed by atoms with Crippen molar-refractivity contribution in [2.75, 3.05) is 25.1 Å². The van der Waals surface area contributed by atoms with Crippen LogP contribution in [-0.2, 0) is 4.79 Å². The zero-order valence-electron chi connectivity index (χ0n) is 17.0. The summed E-state index contributed by atoms with van der Waals surface area (Å²) in [6, 6.07) is 14.4. The van der Waals surface area contributed by atoms with Crippen molar-refractivity contribution in [2.24, 2.45) is 0 Å². The van der Waals surface area contributed by atoms with Crippen LogP contribution in [0, 0.1) is 0 Å². The number of hydrogen-bond acceptors (Lipinski definition) is 4. The Hall–Kier alpha value is -3.02. The fourth-order valence-corrected chi connectivity index (χ4v) is 3.29. The van der Waals surface area contributed by atoms with Crippen molar-refractivity contribution in [1.29, 1.82) is 0 Å². The molecule has 0 aromatic heterocycles. The number of nitrogens with one attached hydrogen (secondary N) is 1. The molecule has 0 saturated heterocycles. The van der Waals surface area contributed by atoms with Crippen molar-refractivity contribution in [3.63, 3.8) is 0 Å². The summed E-state index contributed by atoms with van der Waals surface area (Å²) < 4.78 is 11.5. The van der Waals surface area contributed by atoms with Crippen LogP contribution in [0.5, 0.6) is 11.5 Å². The van der Waals surface area contributed by atoms with E-state index in [1.807, 2.05) is 30.3 Å². The summed E-state index contributed by atoms with van der Waals surface area (Å²) in [5.74, 6) is 0.838. The Morgan fingerprint density at radius 1 is 1.10 bits per heavy atom. The highest BCUT2D eigenvalue weighted by molar-refractivity contribution is 6.08. The SMILES string of the molecule is CCCCCCOc1ccc(C(=O)N2C[C@@H](C(=O)NC)Oc3ccccc32)cc1. The molecule has 0 spiro atoms. The molecule has 0 aliphatic carbocycles. The molecule has 0 radical (unpaired) electrons. The second-order valence-electron chi connectivity index (χ2n) is 7.04. The van der Waals surface area contributed by atoms with Crippen molar-refractivity contribution in [3.05, 3.63) is 54.1 Å². The molecule has 154 valence electrons. The van der Waals surface area contributed by atoms with Gasteiger partial charge < -0.3 is 19.7 Å². The Morgan fingerprint density at radius 3 is 2.59 bits per heavy atom. The second kappa shape index (κ2) is 9.96. The smallest absolute Gasteiger partial charge is 0.262 e. The van der Waals surface area contributed by atoms with E-state index in [4.69, 9.17) is 9.47 Å². The van der Waals surface area contributed by atoms with Gasteiger partial charge in [-0.15, -0.1) is 0 Å². The molecule has 3 rings (SSSR count). The molecule has 2 amide bonds. The summed E-state index contributed by atoms with van der Waals surface area (Å²) in [7, 11) is 1.55. The topological polar surface area (TPSA) is 67.9 Å². The molecule has 29 heavy (non-hydrogen) atoms. The number of para-hydroxylation sites is 2. The number of fused-ring (bicyclic) bond motifs is 1. The van der Waals surface area contributed by atoms with Gasteiger partial charge in [0, 0.05) is 12.6 Å². The summed E-state index contributed by atoms with van der Waals surface area (Å²) in [6.45, 7) is 3.02. The van der Waals surface area contributed by atoms with Gasteiger partial charge in [0.25, 0.3) is 11.8 Å². The predicted octanol–water partition coefficient (Wildman–Crippen LogP) is 3.80. The average molecular weight is 396 g/mol. The van der Waals surface area contributed by atoms with Crippen LogP contribution in [0.2, 0.25) is 0 Å². The molecule has 2 aromatic rings. The number of likely N-dealkylation sites (N-methyl/N-ethyl adjacent to an activating group) is 1. The molecule has 0 saturated carbocycles. The number of anilines is 1. The van der Waals surface area contributed by atoms with E-state index in [9.17, 15) is 9.59 Å². The molecule has 6 heteroatoms. The van der Waals surface area contributed by atoms with Gasteiger partial charge in [-0.3, -0.25) is 9.59 Å². The fraction of sp³-hybridized carbons (Fsp3) is 0.391. The minimum Gasteiger partial charge on any atom is -0.494 e. The molecular formula is C23H28N2O4. The maximum atomic E-state index is 13.2. The van der Waals surface area contributed by atoms with E-state index in [0.29, 0.717) is 23.6 Å². The summed E-state index contributed by atoms with van der Waals surface area (Å²) in [4.78, 5) is 26.9. The van der Waals surface area contributed by atoms with Gasteiger partial charge in [0.1, 0.15) is 11.5 Å². The van der Waals surface area contributed by atoms with Crippen molar-refractivity contribution in [1.82, 2.24) is 5.32 Å². The largest absolute Gasteiger partial charge is 0.494 e. The first kappa shape index (κ1) is 20.7. The predicted molar refractivity (Wildman–Crippen MR) is 113 cm³/mol. The minimum absolute atomic E-state index is 0.158. The summed E-state index contributed by atoms with van der Waals surface area (Å²) in [5, 5.41) is 2.59. The number of rotatable bonds is 8. The second-order valence-corrected chi connectivity index (χ2v) is 7.04. The van der Waals surface area contributed by atoms with Crippen LogP contribution >= 0.6 is 0 Å². The number of amides is 2. The average Bonchev–Trinajstić information content (AvgIpc) is 2.77. The van der Waals surface area contributed by atoms with Crippen molar-refractivity contribution in [3.8, 4) is 11.5 Å². The van der Waals surface area contributed by atoms with E-state index in [1.54, 1.807) is 30.1 Å². The third kappa shape index (κ3) is 5.08. The zero-order chi connectivity index (χ0) is 20.6. The van der Waals surface area contributed by atoms with Gasteiger partial charge in [0.2, 0.25) is 0 Å². The molecule has 1 aliphatic heterocycles. The van der Waals surface area contributed by atoms with Gasteiger partial charge in [-0.1, -0.05) is 38.3 Å². The third-order valence-corrected chi connectivity index (χ3v) is 4.93. The van der Waals surface area contributed by atoms with Gasteiger partial charge >= 0.3 is 0 Å². The van der Waals surface area contributed by atoms with E-state index < -0.39 is 6.10 Å². The molecule has 6 nitrogen and oxygen atoms in total. The molecule has 0 unspecified atom stereocenters. The van der Waals surface area contributed by atoms with Crippen LogP contribution in [-0.4, -0.2) is 38.1 Å². The molecular weight excluding hydrogens is 368 g/mol.